The molecular weight excluding hydrogens is 414 g/mol. The summed E-state index contributed by atoms with van der Waals surface area (Å²) in [6.45, 7) is 4.09. The summed E-state index contributed by atoms with van der Waals surface area (Å²) in [7, 11) is 0. The molecule has 0 aromatic heterocycles. The van der Waals surface area contributed by atoms with E-state index in [-0.39, 0.29) is 12.4 Å². The molecule has 1 heterocycles. The first-order chi connectivity index (χ1) is 13.5. The van der Waals surface area contributed by atoms with Crippen molar-refractivity contribution in [3.63, 3.8) is 0 Å². The van der Waals surface area contributed by atoms with Crippen LogP contribution in [0.25, 0.3) is 0 Å². The molecule has 0 bridgehead atoms. The number of esters is 4. The summed E-state index contributed by atoms with van der Waals surface area (Å²) in [5, 5.41) is 0. The van der Waals surface area contributed by atoms with E-state index in [1.54, 1.807) is 0 Å². The molecule has 0 unspecified atom stereocenters. The van der Waals surface area contributed by atoms with E-state index in [0.717, 1.165) is 27.7 Å². The molecule has 0 spiro atoms. The second-order valence-electron chi connectivity index (χ2n) is 5.89. The number of hydrogen-bond acceptors (Lipinski definition) is 12. The minimum atomic E-state index is -1.36. The van der Waals surface area contributed by atoms with Gasteiger partial charge in [-0.05, 0) is 0 Å². The first kappa shape index (κ1) is 24.7. The Morgan fingerprint density at radius 2 is 1.34 bits per heavy atom. The Labute approximate surface area is 170 Å². The van der Waals surface area contributed by atoms with Crippen LogP contribution < -0.4 is 5.73 Å². The molecule has 1 amide bonds. The summed E-state index contributed by atoms with van der Waals surface area (Å²) in [4.78, 5) is 56.9. The molecule has 2 N–H and O–H groups in total. The van der Waals surface area contributed by atoms with Crippen LogP contribution in [0.2, 0.25) is 0 Å². The first-order valence-corrected chi connectivity index (χ1v) is 9.29. The molecule has 1 aliphatic rings. The van der Waals surface area contributed by atoms with E-state index < -0.39 is 60.5 Å². The van der Waals surface area contributed by atoms with Gasteiger partial charge in [0.2, 0.25) is 12.2 Å². The Hall–Kier alpha value is -2.38. The maximum absolute atomic E-state index is 11.6. The van der Waals surface area contributed by atoms with Gasteiger partial charge in [-0.15, -0.1) is 0 Å². The van der Waals surface area contributed by atoms with Crippen molar-refractivity contribution in [1.29, 1.82) is 0 Å². The van der Waals surface area contributed by atoms with Gasteiger partial charge in [0.15, 0.2) is 18.3 Å². The molecule has 0 aliphatic carbocycles. The summed E-state index contributed by atoms with van der Waals surface area (Å²) in [6.07, 6.45) is -6.46. The van der Waals surface area contributed by atoms with Crippen LogP contribution in [-0.4, -0.2) is 72.9 Å². The molecule has 1 aliphatic heterocycles. The quantitative estimate of drug-likeness (QED) is 0.272. The fraction of sp³-hybridized carbons (Fsp3) is 0.688. The Balaban J connectivity index is 3.22. The topological polar surface area (TPSA) is 167 Å². The van der Waals surface area contributed by atoms with Crippen LogP contribution in [0.3, 0.4) is 0 Å². The number of carbonyl (C=O) groups is 5. The number of rotatable bonds is 9. The summed E-state index contributed by atoms with van der Waals surface area (Å²) >= 11 is 0.614. The molecule has 13 heteroatoms. The van der Waals surface area contributed by atoms with Crippen molar-refractivity contribution >= 4 is 41.8 Å². The number of hydrogen-bond donors (Lipinski definition) is 1. The largest absolute Gasteiger partial charge is 0.463 e. The Bertz CT molecular complexity index is 640. The number of nitrogens with two attached hydrogens (primary N) is 1. The van der Waals surface area contributed by atoms with Crippen molar-refractivity contribution < 1.29 is 51.8 Å². The average Bonchev–Trinajstić information content (AvgIpc) is 2.56. The lowest BCUT2D eigenvalue weighted by molar-refractivity contribution is -0.286. The summed E-state index contributed by atoms with van der Waals surface area (Å²) < 4.78 is 31.5. The second-order valence-corrected chi connectivity index (χ2v) is 6.61. The maximum Gasteiger partial charge on any atom is 0.303 e. The van der Waals surface area contributed by atoms with Gasteiger partial charge in [-0.1, -0.05) is 0 Å². The smallest absolute Gasteiger partial charge is 0.303 e. The lowest BCUT2D eigenvalue weighted by Gasteiger charge is -2.43. The summed E-state index contributed by atoms with van der Waals surface area (Å²) in [6, 6.07) is 0. The predicted molar refractivity (Wildman–Crippen MR) is 94.7 cm³/mol. The average molecular weight is 437 g/mol. The Morgan fingerprint density at radius 3 is 1.83 bits per heavy atom. The van der Waals surface area contributed by atoms with E-state index in [4.69, 9.17) is 33.6 Å². The number of amides is 1. The maximum atomic E-state index is 11.6. The molecule has 1 saturated heterocycles. The van der Waals surface area contributed by atoms with Crippen LogP contribution in [0.5, 0.6) is 0 Å². The SMILES string of the molecule is CC(=O)OC[C@H]1O[C@H](OSCC(N)=O)[C@@H](OC(C)=O)[C@@H](OC(C)=O)[C@@H]1OC(C)=O. The highest BCUT2D eigenvalue weighted by Gasteiger charge is 2.53. The fourth-order valence-corrected chi connectivity index (χ4v) is 2.90. The standard InChI is InChI=1S/C16H23NO11S/c1-7(18)23-5-11-13(24-8(2)19)14(25-9(3)20)15(26-10(4)21)16(27-11)28-29-6-12(17)22/h11,13-16H,5-6H2,1-4H3,(H2,17,22)/t11-,13-,14+,15+,16-/m1/s1. The van der Waals surface area contributed by atoms with Crippen molar-refractivity contribution in [2.75, 3.05) is 12.4 Å². The third-order valence-electron chi connectivity index (χ3n) is 3.31. The number of ether oxygens (including phenoxy) is 5. The van der Waals surface area contributed by atoms with Crippen molar-refractivity contribution in [3.05, 3.63) is 0 Å². The summed E-state index contributed by atoms with van der Waals surface area (Å²) in [5.41, 5.74) is 5.05. The number of carbonyl (C=O) groups excluding carboxylic acids is 5. The van der Waals surface area contributed by atoms with Crippen molar-refractivity contribution in [2.24, 2.45) is 5.73 Å². The third-order valence-corrected chi connectivity index (χ3v) is 4.04. The van der Waals surface area contributed by atoms with Crippen LogP contribution in [0, 0.1) is 0 Å². The molecule has 0 saturated carbocycles. The van der Waals surface area contributed by atoms with E-state index in [2.05, 4.69) is 0 Å². The third kappa shape index (κ3) is 8.66. The molecular formula is C16H23NO11S. The van der Waals surface area contributed by atoms with Crippen LogP contribution >= 0.6 is 12.0 Å². The minimum Gasteiger partial charge on any atom is -0.463 e. The van der Waals surface area contributed by atoms with Crippen LogP contribution in [0.4, 0.5) is 0 Å². The molecule has 0 aromatic rings. The molecule has 1 rings (SSSR count). The van der Waals surface area contributed by atoms with Crippen molar-refractivity contribution in [3.8, 4) is 0 Å². The van der Waals surface area contributed by atoms with Crippen LogP contribution in [-0.2, 0) is 51.8 Å². The van der Waals surface area contributed by atoms with Crippen molar-refractivity contribution in [2.45, 2.75) is 58.4 Å². The molecule has 29 heavy (non-hydrogen) atoms. The highest BCUT2D eigenvalue weighted by atomic mass is 32.2. The van der Waals surface area contributed by atoms with Gasteiger partial charge in [0.25, 0.3) is 0 Å². The van der Waals surface area contributed by atoms with Gasteiger partial charge >= 0.3 is 23.9 Å². The fourth-order valence-electron chi connectivity index (χ4n) is 2.43. The predicted octanol–water partition coefficient (Wildman–Crippen LogP) is -0.780. The van der Waals surface area contributed by atoms with Gasteiger partial charge in [-0.25, -0.2) is 0 Å². The zero-order chi connectivity index (χ0) is 22.1. The Kier molecular flexibility index (Phi) is 9.85. The minimum absolute atomic E-state index is 0.243. The highest BCUT2D eigenvalue weighted by molar-refractivity contribution is 7.95. The zero-order valence-electron chi connectivity index (χ0n) is 16.3. The van der Waals surface area contributed by atoms with Gasteiger partial charge in [0.05, 0.1) is 5.75 Å². The van der Waals surface area contributed by atoms with E-state index in [1.165, 1.54) is 0 Å². The molecule has 5 atom stereocenters. The van der Waals surface area contributed by atoms with Gasteiger partial charge in [-0.2, -0.15) is 0 Å². The number of primary amides is 1. The lowest BCUT2D eigenvalue weighted by atomic mass is 9.98. The van der Waals surface area contributed by atoms with Gasteiger partial charge in [-0.3, -0.25) is 28.2 Å². The molecule has 1 fully saturated rings. The van der Waals surface area contributed by atoms with E-state index in [9.17, 15) is 24.0 Å². The van der Waals surface area contributed by atoms with E-state index in [0.29, 0.717) is 12.0 Å². The lowest BCUT2D eigenvalue weighted by Crippen LogP contribution is -2.62. The Morgan fingerprint density at radius 1 is 0.828 bits per heavy atom. The van der Waals surface area contributed by atoms with Crippen LogP contribution in [0.1, 0.15) is 27.7 Å². The van der Waals surface area contributed by atoms with E-state index >= 15 is 0 Å². The van der Waals surface area contributed by atoms with Crippen LogP contribution in [0.15, 0.2) is 0 Å². The molecule has 164 valence electrons. The molecule has 0 radical (unpaired) electrons. The highest BCUT2D eigenvalue weighted by Crippen LogP contribution is 2.31. The first-order valence-electron chi connectivity index (χ1n) is 8.38. The monoisotopic (exact) mass is 437 g/mol. The van der Waals surface area contributed by atoms with Gasteiger partial charge in [0.1, 0.15) is 12.7 Å². The van der Waals surface area contributed by atoms with Gasteiger partial charge in [0, 0.05) is 39.7 Å². The molecule has 12 nitrogen and oxygen atoms in total. The molecule has 0 aromatic carbocycles. The van der Waals surface area contributed by atoms with Crippen molar-refractivity contribution in [1.82, 2.24) is 0 Å². The van der Waals surface area contributed by atoms with Gasteiger partial charge < -0.3 is 29.4 Å². The second kappa shape index (κ2) is 11.6. The zero-order valence-corrected chi connectivity index (χ0v) is 17.1. The van der Waals surface area contributed by atoms with E-state index in [1.807, 2.05) is 0 Å². The summed E-state index contributed by atoms with van der Waals surface area (Å²) in [5.74, 6) is -3.83. The normalized spacial score (nSPS) is 26.1.